The maximum atomic E-state index is 12.0. The molecule has 1 aromatic heterocycles. The Morgan fingerprint density at radius 2 is 1.87 bits per heavy atom. The second kappa shape index (κ2) is 7.09. The van der Waals surface area contributed by atoms with E-state index in [9.17, 15) is 9.59 Å². The Balaban J connectivity index is 1.88. The summed E-state index contributed by atoms with van der Waals surface area (Å²) >= 11 is 0. The van der Waals surface area contributed by atoms with Crippen molar-refractivity contribution in [2.45, 2.75) is 40.3 Å². The van der Waals surface area contributed by atoms with Crippen LogP contribution in [0.15, 0.2) is 30.3 Å². The van der Waals surface area contributed by atoms with Crippen molar-refractivity contribution in [1.82, 2.24) is 9.78 Å². The number of nitrogens with zero attached hydrogens (tertiary/aromatic N) is 2. The minimum atomic E-state index is -0.874. The minimum Gasteiger partial charge on any atom is -0.451 e. The molecule has 0 aliphatic carbocycles. The number of amides is 1. The second-order valence-electron chi connectivity index (χ2n) is 5.57. The zero-order chi connectivity index (χ0) is 17.0. The number of aryl methyl sites for hydroxylation is 3. The molecule has 0 saturated carbocycles. The highest BCUT2D eigenvalue weighted by Gasteiger charge is 2.18. The van der Waals surface area contributed by atoms with Gasteiger partial charge in [0.25, 0.3) is 5.91 Å². The lowest BCUT2D eigenvalue weighted by Gasteiger charge is -2.14. The lowest BCUT2D eigenvalue weighted by molar-refractivity contribution is -0.154. The molecule has 0 saturated heterocycles. The first-order valence-electron chi connectivity index (χ1n) is 7.43. The van der Waals surface area contributed by atoms with Gasteiger partial charge in [-0.25, -0.2) is 0 Å². The zero-order valence-electron chi connectivity index (χ0n) is 13.8. The van der Waals surface area contributed by atoms with Crippen LogP contribution in [0.4, 0.5) is 5.69 Å². The summed E-state index contributed by atoms with van der Waals surface area (Å²) in [5.74, 6) is -0.863. The Bertz CT molecular complexity index is 704. The van der Waals surface area contributed by atoms with Crippen molar-refractivity contribution in [2.24, 2.45) is 0 Å². The topological polar surface area (TPSA) is 73.2 Å². The molecular weight excluding hydrogens is 294 g/mol. The molecule has 1 heterocycles. The van der Waals surface area contributed by atoms with Gasteiger partial charge in [0.1, 0.15) is 6.54 Å². The average Bonchev–Trinajstić information content (AvgIpc) is 2.79. The molecule has 23 heavy (non-hydrogen) atoms. The fraction of sp³-hybridized carbons (Fsp3) is 0.353. The number of rotatable bonds is 5. The van der Waals surface area contributed by atoms with Crippen LogP contribution in [0.25, 0.3) is 0 Å². The largest absolute Gasteiger partial charge is 0.451 e. The number of carbonyl (C=O) groups excluding carboxylic acids is 2. The third-order valence-electron chi connectivity index (χ3n) is 3.38. The molecule has 122 valence electrons. The molecule has 6 heteroatoms. The molecule has 0 bridgehead atoms. The second-order valence-corrected chi connectivity index (χ2v) is 5.57. The van der Waals surface area contributed by atoms with Crippen LogP contribution >= 0.6 is 0 Å². The van der Waals surface area contributed by atoms with Gasteiger partial charge in [-0.3, -0.25) is 14.3 Å². The number of anilines is 1. The van der Waals surface area contributed by atoms with E-state index in [-0.39, 0.29) is 12.5 Å². The highest BCUT2D eigenvalue weighted by molar-refractivity contribution is 5.95. The Morgan fingerprint density at radius 3 is 2.43 bits per heavy atom. The van der Waals surface area contributed by atoms with E-state index in [0.29, 0.717) is 5.69 Å². The summed E-state index contributed by atoms with van der Waals surface area (Å²) in [7, 11) is 0. The van der Waals surface area contributed by atoms with E-state index in [1.807, 2.05) is 39.0 Å². The molecule has 0 radical (unpaired) electrons. The number of hydrogen-bond donors (Lipinski definition) is 1. The first kappa shape index (κ1) is 16.7. The van der Waals surface area contributed by atoms with Gasteiger partial charge in [0.15, 0.2) is 6.10 Å². The molecular formula is C17H21N3O3. The number of esters is 1. The maximum Gasteiger partial charge on any atom is 0.328 e. The molecule has 0 fully saturated rings. The predicted octanol–water partition coefficient (Wildman–Crippen LogP) is 2.38. The van der Waals surface area contributed by atoms with Crippen LogP contribution in [0.5, 0.6) is 0 Å². The Hall–Kier alpha value is -2.63. The third-order valence-corrected chi connectivity index (χ3v) is 3.38. The lowest BCUT2D eigenvalue weighted by atomic mass is 10.2. The summed E-state index contributed by atoms with van der Waals surface area (Å²) in [6, 6.07) is 9.28. The Kier molecular flexibility index (Phi) is 5.16. The highest BCUT2D eigenvalue weighted by Crippen LogP contribution is 2.10. The first-order valence-corrected chi connectivity index (χ1v) is 7.43. The van der Waals surface area contributed by atoms with E-state index in [2.05, 4.69) is 10.4 Å². The normalized spacial score (nSPS) is 11.8. The molecule has 1 unspecified atom stereocenters. The number of benzene rings is 1. The van der Waals surface area contributed by atoms with E-state index in [4.69, 9.17) is 4.74 Å². The smallest absolute Gasteiger partial charge is 0.328 e. The molecule has 6 nitrogen and oxygen atoms in total. The van der Waals surface area contributed by atoms with Gasteiger partial charge in [-0.05, 0) is 45.9 Å². The van der Waals surface area contributed by atoms with Gasteiger partial charge in [0, 0.05) is 11.4 Å². The Morgan fingerprint density at radius 1 is 1.22 bits per heavy atom. The van der Waals surface area contributed by atoms with Crippen LogP contribution in [0, 0.1) is 20.8 Å². The maximum absolute atomic E-state index is 12.0. The monoisotopic (exact) mass is 315 g/mol. The van der Waals surface area contributed by atoms with E-state index in [1.54, 1.807) is 23.7 Å². The van der Waals surface area contributed by atoms with Crippen molar-refractivity contribution in [3.05, 3.63) is 47.3 Å². The average molecular weight is 315 g/mol. The van der Waals surface area contributed by atoms with E-state index in [1.165, 1.54) is 0 Å². The van der Waals surface area contributed by atoms with E-state index >= 15 is 0 Å². The van der Waals surface area contributed by atoms with Gasteiger partial charge in [0.2, 0.25) is 0 Å². The Labute approximate surface area is 135 Å². The van der Waals surface area contributed by atoms with Crippen LogP contribution < -0.4 is 5.32 Å². The van der Waals surface area contributed by atoms with Crippen LogP contribution in [0.1, 0.15) is 23.9 Å². The number of hydrogen-bond acceptors (Lipinski definition) is 4. The van der Waals surface area contributed by atoms with Crippen molar-refractivity contribution < 1.29 is 14.3 Å². The molecule has 1 atom stereocenters. The summed E-state index contributed by atoms with van der Waals surface area (Å²) in [6.45, 7) is 7.22. The minimum absolute atomic E-state index is 0.0121. The fourth-order valence-corrected chi connectivity index (χ4v) is 2.13. The van der Waals surface area contributed by atoms with Crippen molar-refractivity contribution in [3.8, 4) is 0 Å². The van der Waals surface area contributed by atoms with E-state index < -0.39 is 12.1 Å². The third kappa shape index (κ3) is 4.67. The van der Waals surface area contributed by atoms with Crippen molar-refractivity contribution in [1.29, 1.82) is 0 Å². The van der Waals surface area contributed by atoms with Crippen molar-refractivity contribution in [2.75, 3.05) is 5.32 Å². The van der Waals surface area contributed by atoms with Gasteiger partial charge < -0.3 is 10.1 Å². The highest BCUT2D eigenvalue weighted by atomic mass is 16.5. The standard InChI is InChI=1S/C17H21N3O3/c1-11-5-7-15(8-6-11)18-17(22)14(4)23-16(21)10-20-13(3)9-12(2)19-20/h5-9,14H,10H2,1-4H3,(H,18,22). The van der Waals surface area contributed by atoms with E-state index in [0.717, 1.165) is 17.0 Å². The molecule has 0 aliphatic rings. The molecule has 0 spiro atoms. The van der Waals surface area contributed by atoms with Crippen molar-refractivity contribution >= 4 is 17.6 Å². The van der Waals surface area contributed by atoms with Crippen LogP contribution in [-0.2, 0) is 20.9 Å². The molecule has 1 amide bonds. The summed E-state index contributed by atoms with van der Waals surface area (Å²) in [6.07, 6.45) is -0.874. The van der Waals surface area contributed by atoms with Crippen LogP contribution in [-0.4, -0.2) is 27.8 Å². The van der Waals surface area contributed by atoms with Gasteiger partial charge in [-0.15, -0.1) is 0 Å². The van der Waals surface area contributed by atoms with Crippen LogP contribution in [0.3, 0.4) is 0 Å². The zero-order valence-corrected chi connectivity index (χ0v) is 13.8. The quantitative estimate of drug-likeness (QED) is 0.860. The van der Waals surface area contributed by atoms with Crippen LogP contribution in [0.2, 0.25) is 0 Å². The summed E-state index contributed by atoms with van der Waals surface area (Å²) in [4.78, 5) is 24.0. The number of ether oxygens (including phenoxy) is 1. The summed E-state index contributed by atoms with van der Waals surface area (Å²) in [5.41, 5.74) is 3.48. The number of carbonyl (C=O) groups is 2. The molecule has 2 aromatic rings. The van der Waals surface area contributed by atoms with Gasteiger partial charge in [-0.2, -0.15) is 5.10 Å². The van der Waals surface area contributed by atoms with Gasteiger partial charge in [-0.1, -0.05) is 17.7 Å². The molecule has 0 aliphatic heterocycles. The molecule has 1 aromatic carbocycles. The predicted molar refractivity (Wildman–Crippen MR) is 87.1 cm³/mol. The SMILES string of the molecule is Cc1ccc(NC(=O)C(C)OC(=O)Cn2nc(C)cc2C)cc1. The molecule has 2 rings (SSSR count). The number of nitrogens with one attached hydrogen (secondary N) is 1. The first-order chi connectivity index (χ1) is 10.8. The van der Waals surface area contributed by atoms with Gasteiger partial charge >= 0.3 is 5.97 Å². The van der Waals surface area contributed by atoms with Gasteiger partial charge in [0.05, 0.1) is 5.69 Å². The summed E-state index contributed by atoms with van der Waals surface area (Å²) in [5, 5.41) is 6.91. The molecule has 1 N–H and O–H groups in total. The summed E-state index contributed by atoms with van der Waals surface area (Å²) < 4.78 is 6.72. The number of aromatic nitrogens is 2. The fourth-order valence-electron chi connectivity index (χ4n) is 2.13. The lowest BCUT2D eigenvalue weighted by Crippen LogP contribution is -2.31. The van der Waals surface area contributed by atoms with Crippen molar-refractivity contribution in [3.63, 3.8) is 0 Å².